The molecule has 0 radical (unpaired) electrons. The second kappa shape index (κ2) is 7.56. The van der Waals surface area contributed by atoms with E-state index < -0.39 is 0 Å². The predicted octanol–water partition coefficient (Wildman–Crippen LogP) is 2.82. The maximum Gasteiger partial charge on any atom is 0.233 e. The number of hydrazine groups is 1. The first-order valence-corrected chi connectivity index (χ1v) is 8.02. The second-order valence-corrected chi connectivity index (χ2v) is 6.18. The van der Waals surface area contributed by atoms with Crippen LogP contribution in [-0.4, -0.2) is 11.7 Å². The summed E-state index contributed by atoms with van der Waals surface area (Å²) in [5.41, 5.74) is 5.25. The van der Waals surface area contributed by atoms with E-state index in [1.807, 2.05) is 11.8 Å². The van der Waals surface area contributed by atoms with E-state index in [0.717, 1.165) is 25.0 Å². The molecule has 0 aliphatic heterocycles. The smallest absolute Gasteiger partial charge is 0.233 e. The van der Waals surface area contributed by atoms with Gasteiger partial charge in [0.1, 0.15) is 0 Å². The van der Waals surface area contributed by atoms with Gasteiger partial charge in [-0.05, 0) is 61.1 Å². The number of rotatable bonds is 7. The summed E-state index contributed by atoms with van der Waals surface area (Å²) in [5.74, 6) is 6.09. The molecule has 1 amide bonds. The first-order valence-electron chi connectivity index (χ1n) is 7.03. The molecule has 0 atom stereocenters. The Hall–Kier alpha value is -1.00. The van der Waals surface area contributed by atoms with Crippen LogP contribution >= 0.6 is 11.8 Å². The van der Waals surface area contributed by atoms with Gasteiger partial charge in [0, 0.05) is 11.3 Å². The third-order valence-electron chi connectivity index (χ3n) is 3.55. The maximum atomic E-state index is 10.9. The highest BCUT2D eigenvalue weighted by molar-refractivity contribution is 7.99. The van der Waals surface area contributed by atoms with Crippen LogP contribution in [-0.2, 0) is 17.6 Å². The molecule has 19 heavy (non-hydrogen) atoms. The molecular formula is C15H22N2OS. The Morgan fingerprint density at radius 3 is 2.89 bits per heavy atom. The summed E-state index contributed by atoms with van der Waals surface area (Å²) < 4.78 is 0. The summed E-state index contributed by atoms with van der Waals surface area (Å²) in [6.07, 6.45) is 7.52. The second-order valence-electron chi connectivity index (χ2n) is 5.01. The van der Waals surface area contributed by atoms with E-state index in [1.165, 1.54) is 29.7 Å². The lowest BCUT2D eigenvalue weighted by Gasteiger charge is -2.05. The van der Waals surface area contributed by atoms with Gasteiger partial charge in [-0.25, -0.2) is 5.84 Å². The van der Waals surface area contributed by atoms with E-state index in [0.29, 0.717) is 6.42 Å². The Labute approximate surface area is 119 Å². The lowest BCUT2D eigenvalue weighted by Crippen LogP contribution is -2.29. The first kappa shape index (κ1) is 14.4. The van der Waals surface area contributed by atoms with Crippen LogP contribution in [0.1, 0.15) is 43.2 Å². The Morgan fingerprint density at radius 2 is 2.05 bits per heavy atom. The first-order chi connectivity index (χ1) is 9.29. The number of fused-ring (bicyclic) bond motifs is 1. The monoisotopic (exact) mass is 278 g/mol. The summed E-state index contributed by atoms with van der Waals surface area (Å²) >= 11 is 1.93. The SMILES string of the molecule is NNC(=O)CCCCCSc1ccc2c(c1)CCC2. The summed E-state index contributed by atoms with van der Waals surface area (Å²) in [4.78, 5) is 12.3. The minimum Gasteiger partial charge on any atom is -0.294 e. The predicted molar refractivity (Wildman–Crippen MR) is 80.0 cm³/mol. The van der Waals surface area contributed by atoms with Crippen molar-refractivity contribution in [3.05, 3.63) is 29.3 Å². The van der Waals surface area contributed by atoms with Crippen LogP contribution in [0.4, 0.5) is 0 Å². The van der Waals surface area contributed by atoms with Gasteiger partial charge in [0.2, 0.25) is 5.91 Å². The molecule has 0 saturated heterocycles. The Bertz CT molecular complexity index is 434. The molecule has 1 aromatic rings. The van der Waals surface area contributed by atoms with Crippen molar-refractivity contribution < 1.29 is 4.79 Å². The van der Waals surface area contributed by atoms with E-state index in [9.17, 15) is 4.79 Å². The van der Waals surface area contributed by atoms with Crippen molar-refractivity contribution >= 4 is 17.7 Å². The zero-order valence-corrected chi connectivity index (χ0v) is 12.1. The molecule has 3 N–H and O–H groups in total. The summed E-state index contributed by atoms with van der Waals surface area (Å²) in [7, 11) is 0. The number of nitrogens with one attached hydrogen (secondary N) is 1. The maximum absolute atomic E-state index is 10.9. The summed E-state index contributed by atoms with van der Waals surface area (Å²) in [6, 6.07) is 6.89. The molecule has 3 nitrogen and oxygen atoms in total. The van der Waals surface area contributed by atoms with Crippen LogP contribution in [0.15, 0.2) is 23.1 Å². The van der Waals surface area contributed by atoms with Crippen molar-refractivity contribution in [2.45, 2.75) is 49.8 Å². The zero-order valence-electron chi connectivity index (χ0n) is 11.3. The van der Waals surface area contributed by atoms with Crippen LogP contribution < -0.4 is 11.3 Å². The van der Waals surface area contributed by atoms with Crippen molar-refractivity contribution in [2.75, 3.05) is 5.75 Å². The number of hydrogen-bond acceptors (Lipinski definition) is 3. The fourth-order valence-corrected chi connectivity index (χ4v) is 3.44. The van der Waals surface area contributed by atoms with Crippen molar-refractivity contribution in [3.63, 3.8) is 0 Å². The molecule has 1 aliphatic rings. The molecule has 0 unspecified atom stereocenters. The van der Waals surface area contributed by atoms with Crippen LogP contribution in [0.3, 0.4) is 0 Å². The molecule has 0 heterocycles. The van der Waals surface area contributed by atoms with E-state index in [2.05, 4.69) is 23.6 Å². The lowest BCUT2D eigenvalue weighted by molar-refractivity contribution is -0.121. The number of thioether (sulfide) groups is 1. The van der Waals surface area contributed by atoms with Gasteiger partial charge in [-0.1, -0.05) is 12.5 Å². The van der Waals surface area contributed by atoms with Gasteiger partial charge in [0.15, 0.2) is 0 Å². The minimum atomic E-state index is -0.0636. The standard InChI is InChI=1S/C15H22N2OS/c16-17-15(18)7-2-1-3-10-19-14-9-8-12-5-4-6-13(12)11-14/h8-9,11H,1-7,10,16H2,(H,17,18). The third kappa shape index (κ3) is 4.55. The number of nitrogens with two attached hydrogens (primary N) is 1. The Morgan fingerprint density at radius 1 is 1.21 bits per heavy atom. The molecule has 0 aromatic heterocycles. The van der Waals surface area contributed by atoms with Gasteiger partial charge < -0.3 is 0 Å². The number of amides is 1. The van der Waals surface area contributed by atoms with Crippen LogP contribution in [0.25, 0.3) is 0 Å². The normalized spacial score (nSPS) is 13.3. The molecule has 1 aromatic carbocycles. The molecule has 1 aliphatic carbocycles. The van der Waals surface area contributed by atoms with Crippen molar-refractivity contribution in [3.8, 4) is 0 Å². The fraction of sp³-hybridized carbons (Fsp3) is 0.533. The quantitative estimate of drug-likeness (QED) is 0.265. The number of carbonyl (C=O) groups excluding carboxylic acids is 1. The number of benzene rings is 1. The fourth-order valence-electron chi connectivity index (χ4n) is 2.46. The van der Waals surface area contributed by atoms with Gasteiger partial charge in [0.05, 0.1) is 0 Å². The Kier molecular flexibility index (Phi) is 5.73. The molecule has 2 rings (SSSR count). The third-order valence-corrected chi connectivity index (χ3v) is 4.63. The molecule has 4 heteroatoms. The average molecular weight is 278 g/mol. The molecule has 0 saturated carbocycles. The van der Waals surface area contributed by atoms with Gasteiger partial charge >= 0.3 is 0 Å². The molecular weight excluding hydrogens is 256 g/mol. The average Bonchev–Trinajstić information content (AvgIpc) is 2.89. The van der Waals surface area contributed by atoms with E-state index in [4.69, 9.17) is 5.84 Å². The number of unbranched alkanes of at least 4 members (excludes halogenated alkanes) is 2. The number of hydrogen-bond donors (Lipinski definition) is 2. The van der Waals surface area contributed by atoms with Gasteiger partial charge in [0.25, 0.3) is 0 Å². The van der Waals surface area contributed by atoms with Crippen LogP contribution in [0.5, 0.6) is 0 Å². The lowest BCUT2D eigenvalue weighted by atomic mass is 10.1. The van der Waals surface area contributed by atoms with Crippen molar-refractivity contribution in [1.29, 1.82) is 0 Å². The molecule has 0 bridgehead atoms. The van der Waals surface area contributed by atoms with E-state index in [1.54, 1.807) is 5.56 Å². The van der Waals surface area contributed by atoms with Gasteiger partial charge in [-0.2, -0.15) is 0 Å². The highest BCUT2D eigenvalue weighted by Crippen LogP contribution is 2.28. The number of aryl methyl sites for hydroxylation is 2. The van der Waals surface area contributed by atoms with E-state index >= 15 is 0 Å². The summed E-state index contributed by atoms with van der Waals surface area (Å²) in [5, 5.41) is 0. The number of carbonyl (C=O) groups is 1. The van der Waals surface area contributed by atoms with Crippen molar-refractivity contribution in [2.24, 2.45) is 5.84 Å². The van der Waals surface area contributed by atoms with Crippen LogP contribution in [0, 0.1) is 0 Å². The Balaban J connectivity index is 1.62. The minimum absolute atomic E-state index is 0.0636. The highest BCUT2D eigenvalue weighted by Gasteiger charge is 2.10. The van der Waals surface area contributed by atoms with Crippen molar-refractivity contribution in [1.82, 2.24) is 5.43 Å². The van der Waals surface area contributed by atoms with Gasteiger partial charge in [-0.3, -0.25) is 10.2 Å². The van der Waals surface area contributed by atoms with Gasteiger partial charge in [-0.15, -0.1) is 11.8 Å². The summed E-state index contributed by atoms with van der Waals surface area (Å²) in [6.45, 7) is 0. The molecule has 0 spiro atoms. The topological polar surface area (TPSA) is 55.1 Å². The highest BCUT2D eigenvalue weighted by atomic mass is 32.2. The molecule has 0 fully saturated rings. The van der Waals surface area contributed by atoms with Crippen LogP contribution in [0.2, 0.25) is 0 Å². The van der Waals surface area contributed by atoms with E-state index in [-0.39, 0.29) is 5.91 Å². The zero-order chi connectivity index (χ0) is 13.5. The largest absolute Gasteiger partial charge is 0.294 e. The molecule has 104 valence electrons.